The molecule has 1 aromatic carbocycles. The van der Waals surface area contributed by atoms with E-state index in [1.54, 1.807) is 0 Å². The van der Waals surface area contributed by atoms with Gasteiger partial charge in [0.05, 0.1) is 6.10 Å². The van der Waals surface area contributed by atoms with Crippen LogP contribution in [-0.4, -0.2) is 5.11 Å². The van der Waals surface area contributed by atoms with E-state index in [1.165, 1.54) is 44.1 Å². The Morgan fingerprint density at radius 3 is 2.42 bits per heavy atom. The zero-order chi connectivity index (χ0) is 13.5. The molecule has 0 heterocycles. The van der Waals surface area contributed by atoms with Crippen molar-refractivity contribution in [2.24, 2.45) is 5.92 Å². The minimum atomic E-state index is -0.274. The number of hydrogen-bond donors (Lipinski definition) is 1. The number of aliphatic hydroxyl groups excluding tert-OH is 1. The molecule has 2 rings (SSSR count). The third-order valence-electron chi connectivity index (χ3n) is 4.44. The molecule has 0 saturated heterocycles. The van der Waals surface area contributed by atoms with E-state index >= 15 is 0 Å². The van der Waals surface area contributed by atoms with E-state index in [9.17, 15) is 5.11 Å². The number of aliphatic hydroxyl groups is 1. The maximum atomic E-state index is 10.1. The first-order valence-electron chi connectivity index (χ1n) is 8.06. The van der Waals surface area contributed by atoms with Gasteiger partial charge in [-0.05, 0) is 29.9 Å². The van der Waals surface area contributed by atoms with E-state index in [0.717, 1.165) is 30.7 Å². The van der Waals surface area contributed by atoms with Gasteiger partial charge in [-0.3, -0.25) is 0 Å². The molecule has 1 fully saturated rings. The SMILES string of the molecule is CCCCC(O)c1ccc(CC2CCCCC2)cc1. The van der Waals surface area contributed by atoms with Gasteiger partial charge in [0.1, 0.15) is 0 Å². The van der Waals surface area contributed by atoms with Crippen LogP contribution in [0.3, 0.4) is 0 Å². The Hall–Kier alpha value is -0.820. The quantitative estimate of drug-likeness (QED) is 0.760. The fraction of sp³-hybridized carbons (Fsp3) is 0.667. The van der Waals surface area contributed by atoms with Crippen LogP contribution in [0.15, 0.2) is 24.3 Å². The van der Waals surface area contributed by atoms with Crippen molar-refractivity contribution in [1.82, 2.24) is 0 Å². The van der Waals surface area contributed by atoms with Crippen molar-refractivity contribution in [2.75, 3.05) is 0 Å². The topological polar surface area (TPSA) is 20.2 Å². The van der Waals surface area contributed by atoms with Gasteiger partial charge in [-0.2, -0.15) is 0 Å². The molecular formula is C18H28O. The summed E-state index contributed by atoms with van der Waals surface area (Å²) in [5.74, 6) is 0.893. The normalized spacial score (nSPS) is 18.4. The lowest BCUT2D eigenvalue weighted by atomic mass is 9.84. The molecule has 106 valence electrons. The number of unbranched alkanes of at least 4 members (excludes halogenated alkanes) is 1. The fourth-order valence-corrected chi connectivity index (χ4v) is 3.16. The summed E-state index contributed by atoms with van der Waals surface area (Å²) >= 11 is 0. The van der Waals surface area contributed by atoms with E-state index in [2.05, 4.69) is 31.2 Å². The van der Waals surface area contributed by atoms with Crippen molar-refractivity contribution >= 4 is 0 Å². The van der Waals surface area contributed by atoms with Crippen molar-refractivity contribution in [1.29, 1.82) is 0 Å². The van der Waals surface area contributed by atoms with Gasteiger partial charge in [0, 0.05) is 0 Å². The molecule has 1 saturated carbocycles. The third kappa shape index (κ3) is 4.65. The third-order valence-corrected chi connectivity index (χ3v) is 4.44. The second-order valence-corrected chi connectivity index (χ2v) is 6.11. The van der Waals surface area contributed by atoms with Gasteiger partial charge in [0.25, 0.3) is 0 Å². The fourth-order valence-electron chi connectivity index (χ4n) is 3.16. The monoisotopic (exact) mass is 260 g/mol. The van der Waals surface area contributed by atoms with E-state index in [4.69, 9.17) is 0 Å². The summed E-state index contributed by atoms with van der Waals surface area (Å²) in [6.07, 6.45) is 11.2. The Balaban J connectivity index is 1.86. The summed E-state index contributed by atoms with van der Waals surface area (Å²) in [4.78, 5) is 0. The standard InChI is InChI=1S/C18H28O/c1-2-3-9-18(19)17-12-10-16(11-13-17)14-15-7-5-4-6-8-15/h10-13,15,18-19H,2-9,14H2,1H3. The van der Waals surface area contributed by atoms with Crippen molar-refractivity contribution < 1.29 is 5.11 Å². The molecule has 0 radical (unpaired) electrons. The Kier molecular flexibility index (Phi) is 5.91. The second-order valence-electron chi connectivity index (χ2n) is 6.11. The van der Waals surface area contributed by atoms with Crippen LogP contribution in [0.25, 0.3) is 0 Å². The molecule has 1 aromatic rings. The van der Waals surface area contributed by atoms with Gasteiger partial charge in [0.15, 0.2) is 0 Å². The molecule has 1 heteroatoms. The average Bonchev–Trinajstić information content (AvgIpc) is 2.46. The highest BCUT2D eigenvalue weighted by Gasteiger charge is 2.14. The Bertz CT molecular complexity index is 348. The minimum absolute atomic E-state index is 0.274. The maximum absolute atomic E-state index is 10.1. The Morgan fingerprint density at radius 2 is 1.79 bits per heavy atom. The highest BCUT2D eigenvalue weighted by Crippen LogP contribution is 2.27. The summed E-state index contributed by atoms with van der Waals surface area (Å²) in [7, 11) is 0. The summed E-state index contributed by atoms with van der Waals surface area (Å²) in [6, 6.07) is 8.69. The number of benzene rings is 1. The molecule has 19 heavy (non-hydrogen) atoms. The summed E-state index contributed by atoms with van der Waals surface area (Å²) in [5.41, 5.74) is 2.53. The molecule has 1 aliphatic rings. The molecule has 0 bridgehead atoms. The van der Waals surface area contributed by atoms with Gasteiger partial charge in [0.2, 0.25) is 0 Å². The zero-order valence-corrected chi connectivity index (χ0v) is 12.3. The van der Waals surface area contributed by atoms with E-state index < -0.39 is 0 Å². The largest absolute Gasteiger partial charge is 0.388 e. The minimum Gasteiger partial charge on any atom is -0.388 e. The summed E-state index contributed by atoms with van der Waals surface area (Å²) in [5, 5.41) is 10.1. The average molecular weight is 260 g/mol. The van der Waals surface area contributed by atoms with E-state index in [0.29, 0.717) is 0 Å². The molecule has 1 N–H and O–H groups in total. The molecule has 1 unspecified atom stereocenters. The van der Waals surface area contributed by atoms with E-state index in [1.807, 2.05) is 0 Å². The van der Waals surface area contributed by atoms with Crippen LogP contribution in [-0.2, 0) is 6.42 Å². The first kappa shape index (κ1) is 14.6. The Labute approximate surface area is 118 Å². The second kappa shape index (κ2) is 7.69. The molecule has 1 atom stereocenters. The van der Waals surface area contributed by atoms with Gasteiger partial charge in [-0.25, -0.2) is 0 Å². The molecule has 0 aromatic heterocycles. The molecule has 0 aliphatic heterocycles. The van der Waals surface area contributed by atoms with Crippen LogP contribution in [0.5, 0.6) is 0 Å². The maximum Gasteiger partial charge on any atom is 0.0790 e. The lowest BCUT2D eigenvalue weighted by Crippen LogP contribution is -2.09. The summed E-state index contributed by atoms with van der Waals surface area (Å²) in [6.45, 7) is 2.17. The molecule has 0 spiro atoms. The highest BCUT2D eigenvalue weighted by molar-refractivity contribution is 5.24. The lowest BCUT2D eigenvalue weighted by Gasteiger charge is -2.21. The smallest absolute Gasteiger partial charge is 0.0790 e. The van der Waals surface area contributed by atoms with Crippen LogP contribution in [0.4, 0.5) is 0 Å². The van der Waals surface area contributed by atoms with E-state index in [-0.39, 0.29) is 6.10 Å². The van der Waals surface area contributed by atoms with Crippen LogP contribution in [0, 0.1) is 5.92 Å². The van der Waals surface area contributed by atoms with Crippen LogP contribution >= 0.6 is 0 Å². The van der Waals surface area contributed by atoms with Crippen LogP contribution in [0.1, 0.15) is 75.5 Å². The number of hydrogen-bond acceptors (Lipinski definition) is 1. The Morgan fingerprint density at radius 1 is 1.11 bits per heavy atom. The van der Waals surface area contributed by atoms with Gasteiger partial charge >= 0.3 is 0 Å². The molecule has 1 nitrogen and oxygen atoms in total. The lowest BCUT2D eigenvalue weighted by molar-refractivity contribution is 0.164. The van der Waals surface area contributed by atoms with Crippen LogP contribution in [0.2, 0.25) is 0 Å². The van der Waals surface area contributed by atoms with Gasteiger partial charge in [-0.1, -0.05) is 76.1 Å². The predicted molar refractivity (Wildman–Crippen MR) is 81.2 cm³/mol. The van der Waals surface area contributed by atoms with Crippen LogP contribution < -0.4 is 0 Å². The summed E-state index contributed by atoms with van der Waals surface area (Å²) < 4.78 is 0. The predicted octanol–water partition coefficient (Wildman–Crippen LogP) is 5.03. The first-order chi connectivity index (χ1) is 9.29. The van der Waals surface area contributed by atoms with Crippen molar-refractivity contribution in [3.05, 3.63) is 35.4 Å². The van der Waals surface area contributed by atoms with Gasteiger partial charge in [-0.15, -0.1) is 0 Å². The van der Waals surface area contributed by atoms with Crippen molar-refractivity contribution in [2.45, 2.75) is 70.8 Å². The molecule has 1 aliphatic carbocycles. The van der Waals surface area contributed by atoms with Crippen molar-refractivity contribution in [3.63, 3.8) is 0 Å². The molecular weight excluding hydrogens is 232 g/mol. The number of rotatable bonds is 6. The van der Waals surface area contributed by atoms with Gasteiger partial charge < -0.3 is 5.11 Å². The molecule has 0 amide bonds. The highest BCUT2D eigenvalue weighted by atomic mass is 16.3. The zero-order valence-electron chi connectivity index (χ0n) is 12.3. The first-order valence-corrected chi connectivity index (χ1v) is 8.06. The van der Waals surface area contributed by atoms with Crippen molar-refractivity contribution in [3.8, 4) is 0 Å².